The first kappa shape index (κ1) is 16.2. The first-order chi connectivity index (χ1) is 11.7. The summed E-state index contributed by atoms with van der Waals surface area (Å²) in [5.41, 5.74) is 3.48. The number of pyridine rings is 1. The predicted molar refractivity (Wildman–Crippen MR) is 94.2 cm³/mol. The monoisotopic (exact) mass is 322 g/mol. The van der Waals surface area contributed by atoms with Crippen LogP contribution >= 0.6 is 0 Å². The van der Waals surface area contributed by atoms with Crippen molar-refractivity contribution < 1.29 is 4.74 Å². The predicted octanol–water partition coefficient (Wildman–Crippen LogP) is 3.47. The highest BCUT2D eigenvalue weighted by Gasteiger charge is 2.15. The molecule has 0 aliphatic carbocycles. The average Bonchev–Trinajstić information content (AvgIpc) is 3.16. The van der Waals surface area contributed by atoms with Crippen molar-refractivity contribution in [2.45, 2.75) is 19.5 Å². The summed E-state index contributed by atoms with van der Waals surface area (Å²) in [4.78, 5) is 6.40. The first-order valence-electron chi connectivity index (χ1n) is 7.96. The molecule has 1 aromatic carbocycles. The van der Waals surface area contributed by atoms with E-state index in [4.69, 9.17) is 4.74 Å². The second-order valence-electron chi connectivity index (χ2n) is 5.82. The molecule has 0 aliphatic heterocycles. The topological polar surface area (TPSA) is 43.2 Å². The summed E-state index contributed by atoms with van der Waals surface area (Å²) in [5, 5.41) is 4.36. The Morgan fingerprint density at radius 2 is 1.96 bits per heavy atom. The van der Waals surface area contributed by atoms with E-state index < -0.39 is 0 Å². The molecular weight excluding hydrogens is 300 g/mol. The van der Waals surface area contributed by atoms with E-state index in [1.54, 1.807) is 13.3 Å². The molecule has 3 aromatic rings. The van der Waals surface area contributed by atoms with Crippen LogP contribution in [-0.2, 0) is 6.54 Å². The SMILES string of the molecule is COc1ccc(-n2cccn2)c(CN(C)[C@@H](C)c2ccncc2)c1. The third kappa shape index (κ3) is 3.46. The quantitative estimate of drug-likeness (QED) is 0.697. The van der Waals surface area contributed by atoms with Crippen LogP contribution in [0.5, 0.6) is 5.75 Å². The summed E-state index contributed by atoms with van der Waals surface area (Å²) in [6, 6.07) is 12.4. The highest BCUT2D eigenvalue weighted by atomic mass is 16.5. The van der Waals surface area contributed by atoms with E-state index in [1.807, 2.05) is 41.5 Å². The highest BCUT2D eigenvalue weighted by Crippen LogP contribution is 2.25. The minimum Gasteiger partial charge on any atom is -0.497 e. The van der Waals surface area contributed by atoms with Gasteiger partial charge in [0.1, 0.15) is 5.75 Å². The van der Waals surface area contributed by atoms with Gasteiger partial charge in [0.25, 0.3) is 0 Å². The lowest BCUT2D eigenvalue weighted by atomic mass is 10.1. The zero-order chi connectivity index (χ0) is 16.9. The molecule has 0 saturated carbocycles. The van der Waals surface area contributed by atoms with Crippen molar-refractivity contribution in [2.24, 2.45) is 0 Å². The van der Waals surface area contributed by atoms with Crippen LogP contribution in [0, 0.1) is 0 Å². The van der Waals surface area contributed by atoms with Crippen LogP contribution in [0.4, 0.5) is 0 Å². The van der Waals surface area contributed by atoms with Gasteiger partial charge in [-0.05, 0) is 61.5 Å². The van der Waals surface area contributed by atoms with Gasteiger partial charge in [-0.15, -0.1) is 0 Å². The van der Waals surface area contributed by atoms with Crippen molar-refractivity contribution in [1.29, 1.82) is 0 Å². The van der Waals surface area contributed by atoms with Gasteiger partial charge in [-0.1, -0.05) is 0 Å². The average molecular weight is 322 g/mol. The number of ether oxygens (including phenoxy) is 1. The Balaban J connectivity index is 1.88. The minimum absolute atomic E-state index is 0.282. The molecule has 0 radical (unpaired) electrons. The van der Waals surface area contributed by atoms with Gasteiger partial charge in [0.05, 0.1) is 12.8 Å². The lowest BCUT2D eigenvalue weighted by Gasteiger charge is -2.26. The van der Waals surface area contributed by atoms with Crippen LogP contribution in [0.2, 0.25) is 0 Å². The van der Waals surface area contributed by atoms with Gasteiger partial charge in [0, 0.05) is 37.4 Å². The Hall–Kier alpha value is -2.66. The fourth-order valence-corrected chi connectivity index (χ4v) is 2.75. The second kappa shape index (κ2) is 7.27. The summed E-state index contributed by atoms with van der Waals surface area (Å²) >= 11 is 0. The summed E-state index contributed by atoms with van der Waals surface area (Å²) in [6.07, 6.45) is 7.41. The normalized spacial score (nSPS) is 12.3. The minimum atomic E-state index is 0.282. The number of nitrogens with zero attached hydrogens (tertiary/aromatic N) is 4. The van der Waals surface area contributed by atoms with E-state index in [0.29, 0.717) is 0 Å². The van der Waals surface area contributed by atoms with Crippen LogP contribution in [0.1, 0.15) is 24.1 Å². The summed E-state index contributed by atoms with van der Waals surface area (Å²) < 4.78 is 7.29. The van der Waals surface area contributed by atoms with Gasteiger partial charge >= 0.3 is 0 Å². The molecule has 0 amide bonds. The summed E-state index contributed by atoms with van der Waals surface area (Å²) in [7, 11) is 3.81. The first-order valence-corrected chi connectivity index (χ1v) is 7.96. The van der Waals surface area contributed by atoms with Crippen molar-refractivity contribution in [3.05, 3.63) is 72.3 Å². The third-order valence-electron chi connectivity index (χ3n) is 4.31. The maximum absolute atomic E-state index is 5.40. The Kier molecular flexibility index (Phi) is 4.91. The highest BCUT2D eigenvalue weighted by molar-refractivity contribution is 5.45. The number of hydrogen-bond acceptors (Lipinski definition) is 4. The van der Waals surface area contributed by atoms with Gasteiger partial charge in [0.15, 0.2) is 0 Å². The van der Waals surface area contributed by atoms with E-state index in [0.717, 1.165) is 18.0 Å². The van der Waals surface area contributed by atoms with Gasteiger partial charge in [0.2, 0.25) is 0 Å². The van der Waals surface area contributed by atoms with Gasteiger partial charge in [-0.2, -0.15) is 5.10 Å². The summed E-state index contributed by atoms with van der Waals surface area (Å²) in [5.74, 6) is 0.853. The fourth-order valence-electron chi connectivity index (χ4n) is 2.75. The van der Waals surface area contributed by atoms with Crippen LogP contribution in [-0.4, -0.2) is 33.8 Å². The molecule has 3 rings (SSSR count). The zero-order valence-corrected chi connectivity index (χ0v) is 14.3. The molecule has 0 aliphatic rings. The van der Waals surface area contributed by atoms with Crippen molar-refractivity contribution in [3.8, 4) is 11.4 Å². The smallest absolute Gasteiger partial charge is 0.119 e. The number of rotatable bonds is 6. The van der Waals surface area contributed by atoms with Crippen LogP contribution in [0.3, 0.4) is 0 Å². The van der Waals surface area contributed by atoms with Gasteiger partial charge < -0.3 is 4.74 Å². The van der Waals surface area contributed by atoms with Crippen molar-refractivity contribution >= 4 is 0 Å². The lowest BCUT2D eigenvalue weighted by molar-refractivity contribution is 0.252. The largest absolute Gasteiger partial charge is 0.497 e. The number of methoxy groups -OCH3 is 1. The third-order valence-corrected chi connectivity index (χ3v) is 4.31. The molecule has 0 fully saturated rings. The Morgan fingerprint density at radius 3 is 2.62 bits per heavy atom. The molecule has 0 spiro atoms. The number of hydrogen-bond donors (Lipinski definition) is 0. The van der Waals surface area contributed by atoms with Gasteiger partial charge in [-0.3, -0.25) is 9.88 Å². The molecule has 0 N–H and O–H groups in total. The molecule has 124 valence electrons. The molecule has 5 nitrogen and oxygen atoms in total. The van der Waals surface area contributed by atoms with E-state index in [9.17, 15) is 0 Å². The molecule has 0 unspecified atom stereocenters. The number of aromatic nitrogens is 3. The van der Waals surface area contributed by atoms with E-state index in [1.165, 1.54) is 11.1 Å². The fraction of sp³-hybridized carbons (Fsp3) is 0.263. The Bertz CT molecular complexity index is 771. The van der Waals surface area contributed by atoms with E-state index >= 15 is 0 Å². The molecule has 0 saturated heterocycles. The van der Waals surface area contributed by atoms with Crippen molar-refractivity contribution in [2.75, 3.05) is 14.2 Å². The lowest BCUT2D eigenvalue weighted by Crippen LogP contribution is -2.22. The Morgan fingerprint density at radius 1 is 1.17 bits per heavy atom. The van der Waals surface area contributed by atoms with Crippen LogP contribution in [0.25, 0.3) is 5.69 Å². The molecule has 2 heterocycles. The maximum Gasteiger partial charge on any atom is 0.119 e. The molecule has 24 heavy (non-hydrogen) atoms. The zero-order valence-electron chi connectivity index (χ0n) is 14.3. The second-order valence-corrected chi connectivity index (χ2v) is 5.82. The van der Waals surface area contributed by atoms with Crippen molar-refractivity contribution in [1.82, 2.24) is 19.7 Å². The van der Waals surface area contributed by atoms with Gasteiger partial charge in [-0.25, -0.2) is 4.68 Å². The van der Waals surface area contributed by atoms with E-state index in [2.05, 4.69) is 47.2 Å². The molecule has 0 bridgehead atoms. The maximum atomic E-state index is 5.40. The molecular formula is C19H22N4O. The standard InChI is InChI=1S/C19H22N4O/c1-15(16-7-10-20-11-8-16)22(2)14-17-13-18(24-3)5-6-19(17)23-12-4-9-21-23/h4-13,15H,14H2,1-3H3/t15-/m0/s1. The van der Waals surface area contributed by atoms with Crippen LogP contribution < -0.4 is 4.74 Å². The van der Waals surface area contributed by atoms with Crippen LogP contribution in [0.15, 0.2) is 61.2 Å². The molecule has 5 heteroatoms. The molecule has 2 aromatic heterocycles. The molecule has 1 atom stereocenters. The van der Waals surface area contributed by atoms with E-state index in [-0.39, 0.29) is 6.04 Å². The van der Waals surface area contributed by atoms with Crippen molar-refractivity contribution in [3.63, 3.8) is 0 Å². The summed E-state index contributed by atoms with van der Waals surface area (Å²) in [6.45, 7) is 2.99. The number of benzene rings is 1. The Labute approximate surface area is 142 Å².